The molecule has 5 aromatic heterocycles. The molecule has 29 heteroatoms. The van der Waals surface area contributed by atoms with Gasteiger partial charge in [0.25, 0.3) is 27.8 Å². The van der Waals surface area contributed by atoms with Gasteiger partial charge in [0.2, 0.25) is 0 Å². The smallest absolute Gasteiger partial charge is 0.332 e. The van der Waals surface area contributed by atoms with E-state index in [9.17, 15) is 53.1 Å². The van der Waals surface area contributed by atoms with Crippen LogP contribution in [0, 0.1) is 44.7 Å². The van der Waals surface area contributed by atoms with Gasteiger partial charge in [-0.2, -0.15) is 0 Å². The largest absolute Gasteiger partial charge is 0.394 e. The lowest BCUT2D eigenvalue weighted by Gasteiger charge is -2.16. The van der Waals surface area contributed by atoms with Crippen molar-refractivity contribution < 1.29 is 33.9 Å². The van der Waals surface area contributed by atoms with Gasteiger partial charge in [-0.15, -0.1) is 0 Å². The minimum atomic E-state index is -0.816. The highest BCUT2D eigenvalue weighted by Crippen LogP contribution is 2.37. The number of aliphatic hydroxyl groups excluding tert-OH is 2. The maximum absolute atomic E-state index is 12.1. The second kappa shape index (κ2) is 30.7. The Balaban J connectivity index is 0.000000172. The van der Waals surface area contributed by atoms with Gasteiger partial charge in [-0.25, -0.2) is 24.0 Å². The first-order valence-electron chi connectivity index (χ1n) is 29.0. The van der Waals surface area contributed by atoms with Crippen molar-refractivity contribution >= 4 is 45.2 Å². The summed E-state index contributed by atoms with van der Waals surface area (Å²) in [5.74, 6) is 1.74. The molecule has 0 saturated carbocycles. The summed E-state index contributed by atoms with van der Waals surface area (Å²) in [7, 11) is 3.00. The van der Waals surface area contributed by atoms with Gasteiger partial charge in [-0.1, -0.05) is 55.4 Å². The SMILES string of the molecule is CC[C@@H]1O[C@H](n2cc(C)c(=O)n(C)c2=O)CC1C.CC[C@@H]1O[C@H](n2cc(I)c(=O)[nH]c2=O)CC1C.CC[C@@H]1O[C@H](n2cc(I)c(=O)n(C)c2=O)CC1C.CC[C@@H]1O[C@H](n2ccc(=O)[nH]c2=O)CC1C.Cc1cn([C@@H]2CC(O)[C@H](CO)O2)c(=O)[nH]c1=O. The minimum absolute atomic E-state index is 0.191. The molecule has 5 aliphatic heterocycles. The predicted octanol–water partition coefficient (Wildman–Crippen LogP) is 3.50. The van der Waals surface area contributed by atoms with Crippen molar-refractivity contribution in [3.8, 4) is 0 Å². The van der Waals surface area contributed by atoms with E-state index >= 15 is 0 Å². The number of rotatable bonds is 10. The Morgan fingerprint density at radius 1 is 0.477 bits per heavy atom. The summed E-state index contributed by atoms with van der Waals surface area (Å²) in [6.07, 6.45) is 12.5. The van der Waals surface area contributed by atoms with Gasteiger partial charge >= 0.3 is 28.4 Å². The normalized spacial score (nSPS) is 28.3. The molecule has 86 heavy (non-hydrogen) atoms. The van der Waals surface area contributed by atoms with Crippen LogP contribution in [0.4, 0.5) is 0 Å². The van der Waals surface area contributed by atoms with E-state index in [1.54, 1.807) is 37.0 Å². The summed E-state index contributed by atoms with van der Waals surface area (Å²) in [5, 5.41) is 18.5. The lowest BCUT2D eigenvalue weighted by molar-refractivity contribution is -0.0459. The van der Waals surface area contributed by atoms with Crippen molar-refractivity contribution in [2.24, 2.45) is 37.8 Å². The minimum Gasteiger partial charge on any atom is -0.394 e. The van der Waals surface area contributed by atoms with E-state index in [0.29, 0.717) is 41.9 Å². The summed E-state index contributed by atoms with van der Waals surface area (Å²) >= 11 is 3.86. The van der Waals surface area contributed by atoms with Crippen molar-refractivity contribution in [2.75, 3.05) is 6.61 Å². The Labute approximate surface area is 521 Å². The van der Waals surface area contributed by atoms with Crippen LogP contribution in [0.25, 0.3) is 0 Å². The molecule has 5 N–H and O–H groups in total. The van der Waals surface area contributed by atoms with E-state index in [-0.39, 0.29) is 96.0 Å². The fourth-order valence-electron chi connectivity index (χ4n) is 11.2. The fraction of sp³-hybridized carbons (Fsp3) is 0.649. The van der Waals surface area contributed by atoms with Crippen LogP contribution in [-0.4, -0.2) is 100 Å². The van der Waals surface area contributed by atoms with E-state index in [1.165, 1.54) is 50.8 Å². The second-order valence-electron chi connectivity index (χ2n) is 22.7. The highest BCUT2D eigenvalue weighted by Gasteiger charge is 2.37. The molecule has 5 unspecified atom stereocenters. The van der Waals surface area contributed by atoms with Gasteiger partial charge in [0.05, 0.1) is 44.3 Å². The zero-order valence-electron chi connectivity index (χ0n) is 50.6. The fourth-order valence-corrected chi connectivity index (χ4v) is 12.3. The van der Waals surface area contributed by atoms with Crippen molar-refractivity contribution in [2.45, 2.75) is 195 Å². The number of hydrogen-bond acceptors (Lipinski definition) is 17. The molecule has 0 radical (unpaired) electrons. The number of nitrogens with zero attached hydrogens (tertiary/aromatic N) is 7. The van der Waals surface area contributed by atoms with Crippen LogP contribution < -0.4 is 56.2 Å². The monoisotopic (exact) mass is 1430 g/mol. The Morgan fingerprint density at radius 2 is 0.837 bits per heavy atom. The average molecular weight is 1430 g/mol. The van der Waals surface area contributed by atoms with Crippen molar-refractivity contribution in [3.63, 3.8) is 0 Å². The second-order valence-corrected chi connectivity index (χ2v) is 25.0. The molecule has 5 aliphatic rings. The lowest BCUT2D eigenvalue weighted by atomic mass is 10.0. The Morgan fingerprint density at radius 3 is 1.27 bits per heavy atom. The van der Waals surface area contributed by atoms with E-state index in [2.05, 4.69) is 70.3 Å². The topological polar surface area (TPSA) is 339 Å². The number of aromatic amines is 3. The summed E-state index contributed by atoms with van der Waals surface area (Å²) in [6, 6.07) is 1.34. The molecule has 476 valence electrons. The Kier molecular flexibility index (Phi) is 24.8. The van der Waals surface area contributed by atoms with Gasteiger partial charge in [0.1, 0.15) is 37.2 Å². The molecule has 5 aromatic rings. The summed E-state index contributed by atoms with van der Waals surface area (Å²) in [5.41, 5.74) is -2.71. The highest BCUT2D eigenvalue weighted by atomic mass is 127. The van der Waals surface area contributed by atoms with Crippen LogP contribution in [0.2, 0.25) is 0 Å². The quantitative estimate of drug-likeness (QED) is 0.125. The number of H-pyrrole nitrogens is 3. The number of aromatic nitrogens is 10. The van der Waals surface area contributed by atoms with E-state index in [1.807, 2.05) is 45.2 Å². The number of aliphatic hydroxyl groups is 2. The van der Waals surface area contributed by atoms with Crippen molar-refractivity contribution in [3.05, 3.63) is 160 Å². The van der Waals surface area contributed by atoms with Crippen LogP contribution in [0.3, 0.4) is 0 Å². The third-order valence-electron chi connectivity index (χ3n) is 16.4. The van der Waals surface area contributed by atoms with Crippen LogP contribution in [0.1, 0.15) is 155 Å². The number of ether oxygens (including phenoxy) is 5. The molecule has 0 aromatic carbocycles. The molecule has 10 heterocycles. The number of nitrogens with one attached hydrogen (secondary N) is 3. The van der Waals surface area contributed by atoms with Gasteiger partial charge in [-0.05, 0) is 134 Å². The first kappa shape index (κ1) is 69.7. The summed E-state index contributed by atoms with van der Waals surface area (Å²) < 4.78 is 39.2. The lowest BCUT2D eigenvalue weighted by Crippen LogP contribution is -2.40. The summed E-state index contributed by atoms with van der Waals surface area (Å²) in [6.45, 7) is 19.8. The van der Waals surface area contributed by atoms with Crippen LogP contribution in [0.5, 0.6) is 0 Å². The Hall–Kier alpha value is -5.42. The molecular formula is C57H82I2N10O17. The number of halogens is 2. The number of hydrogen-bond donors (Lipinski definition) is 5. The van der Waals surface area contributed by atoms with E-state index in [4.69, 9.17) is 28.8 Å². The van der Waals surface area contributed by atoms with Crippen LogP contribution in [0.15, 0.2) is 85.0 Å². The van der Waals surface area contributed by atoms with Gasteiger partial charge in [-0.3, -0.25) is 70.9 Å². The first-order valence-corrected chi connectivity index (χ1v) is 31.2. The van der Waals surface area contributed by atoms with Gasteiger partial charge in [0.15, 0.2) is 0 Å². The third-order valence-corrected chi connectivity index (χ3v) is 17.9. The molecule has 10 rings (SSSR count). The molecule has 0 aliphatic carbocycles. The molecule has 0 spiro atoms. The van der Waals surface area contributed by atoms with Crippen LogP contribution >= 0.6 is 45.2 Å². The standard InChI is InChI=1S/C13H20N2O3.C12H17IN2O3.C11H15IN2O3.C11H16N2O3.C10H14N2O5/c1-5-10-8(2)6-11(18-10)15-7-9(3)12(16)14(4)13(15)17;1-4-9-7(2)5-10(18-9)15-6-8(13)11(16)14(3)12(15)17;1-3-8-6(2)4-9(17-8)14-5-7(12)10(15)13-11(14)16;1-3-8-7(2)6-10(16-8)13-5-4-9(14)12-11(13)15;1-5-3-12(10(16)11-9(5)15)8-2-6(14)7(4-13)17-8/h7-8,10-11H,5-6H2,1-4H3;6-7,9-10H,4-5H2,1-3H3;5-6,8-9H,3-4H2,1-2H3,(H,13,15,16);4-5,7-8,10H,3,6H2,1-2H3,(H,12,14,15);3,6-8,13-14H,2,4H2,1H3,(H,11,15,16)/t8?,10-,11-;7?,9-,10-;6?,8-,9-;7?,8-,10-;6?,7-,8-/m00000/s1. The first-order chi connectivity index (χ1) is 40.6. The average Bonchev–Trinajstić information content (AvgIpc) is 1.78. The number of aryl methyl sites for hydroxylation is 2. The molecule has 0 bridgehead atoms. The summed E-state index contributed by atoms with van der Waals surface area (Å²) in [4.78, 5) is 122. The van der Waals surface area contributed by atoms with E-state index < -0.39 is 41.1 Å². The van der Waals surface area contributed by atoms with Crippen LogP contribution in [-0.2, 0) is 37.8 Å². The molecular weight excluding hydrogens is 1350 g/mol. The Bertz CT molecular complexity index is 3570. The highest BCUT2D eigenvalue weighted by molar-refractivity contribution is 14.1. The molecule has 15 atom stereocenters. The van der Waals surface area contributed by atoms with Gasteiger partial charge in [0, 0.05) is 68.7 Å². The zero-order valence-corrected chi connectivity index (χ0v) is 54.9. The maximum atomic E-state index is 12.1. The van der Waals surface area contributed by atoms with Gasteiger partial charge < -0.3 is 33.9 Å². The molecule has 27 nitrogen and oxygen atoms in total. The van der Waals surface area contributed by atoms with Crippen molar-refractivity contribution in [1.29, 1.82) is 0 Å². The predicted molar refractivity (Wildman–Crippen MR) is 334 cm³/mol. The maximum Gasteiger partial charge on any atom is 0.332 e. The molecule has 5 saturated heterocycles. The van der Waals surface area contributed by atoms with E-state index in [0.717, 1.165) is 60.5 Å². The zero-order chi connectivity index (χ0) is 63.8. The third kappa shape index (κ3) is 16.4. The molecule has 0 amide bonds. The van der Waals surface area contributed by atoms with Crippen molar-refractivity contribution in [1.82, 2.24) is 46.9 Å². The molecule has 5 fully saturated rings.